The summed E-state index contributed by atoms with van der Waals surface area (Å²) in [5, 5.41) is 5.66. The Balaban J connectivity index is 1.77. The summed E-state index contributed by atoms with van der Waals surface area (Å²) in [7, 11) is 1.61. The van der Waals surface area contributed by atoms with Crippen LogP contribution in [0.4, 0.5) is 0 Å². The van der Waals surface area contributed by atoms with E-state index in [1.54, 1.807) is 18.4 Å². The molecule has 5 heteroatoms. The topological polar surface area (TPSA) is 58.2 Å². The average Bonchev–Trinajstić information content (AvgIpc) is 3.06. The molecule has 0 radical (unpaired) electrons. The maximum absolute atomic E-state index is 12.7. The lowest BCUT2D eigenvalue weighted by atomic mass is 9.99. The van der Waals surface area contributed by atoms with Crippen molar-refractivity contribution in [2.24, 2.45) is 0 Å². The Bertz CT molecular complexity index is 701. The van der Waals surface area contributed by atoms with E-state index >= 15 is 0 Å². The number of fused-ring (bicyclic) bond motifs is 1. The summed E-state index contributed by atoms with van der Waals surface area (Å²) in [4.78, 5) is 26.6. The maximum Gasteiger partial charge on any atom is 0.261 e. The summed E-state index contributed by atoms with van der Waals surface area (Å²) in [6, 6.07) is 11.3. The zero-order valence-corrected chi connectivity index (χ0v) is 14.6. The second-order valence-electron chi connectivity index (χ2n) is 6.08. The van der Waals surface area contributed by atoms with Gasteiger partial charge in [-0.1, -0.05) is 30.3 Å². The predicted molar refractivity (Wildman–Crippen MR) is 96.3 cm³/mol. The van der Waals surface area contributed by atoms with Crippen LogP contribution in [0, 0.1) is 0 Å². The normalized spacial score (nSPS) is 14.5. The Morgan fingerprint density at radius 3 is 2.62 bits per heavy atom. The minimum Gasteiger partial charge on any atom is -0.359 e. The first kappa shape index (κ1) is 16.7. The van der Waals surface area contributed by atoms with Crippen LogP contribution in [-0.4, -0.2) is 18.9 Å². The highest BCUT2D eigenvalue weighted by molar-refractivity contribution is 7.14. The van der Waals surface area contributed by atoms with Crippen molar-refractivity contribution >= 4 is 23.2 Å². The van der Waals surface area contributed by atoms with Gasteiger partial charge in [0.15, 0.2) is 0 Å². The first-order chi connectivity index (χ1) is 11.7. The average molecular weight is 342 g/mol. The highest BCUT2D eigenvalue weighted by Crippen LogP contribution is 2.30. The number of carbonyl (C=O) groups is 2. The SMILES string of the molecule is CNC(=O)C[C@H](NC(=O)c1cc2c(s1)CCCC2)c1ccccc1. The van der Waals surface area contributed by atoms with Crippen LogP contribution < -0.4 is 10.6 Å². The highest BCUT2D eigenvalue weighted by atomic mass is 32.1. The lowest BCUT2D eigenvalue weighted by Crippen LogP contribution is -2.32. The van der Waals surface area contributed by atoms with E-state index in [0.29, 0.717) is 0 Å². The van der Waals surface area contributed by atoms with E-state index in [1.807, 2.05) is 36.4 Å². The number of thiophene rings is 1. The largest absolute Gasteiger partial charge is 0.359 e. The molecule has 1 heterocycles. The maximum atomic E-state index is 12.7. The van der Waals surface area contributed by atoms with Gasteiger partial charge in [-0.3, -0.25) is 9.59 Å². The fraction of sp³-hybridized carbons (Fsp3) is 0.368. The molecule has 126 valence electrons. The zero-order valence-electron chi connectivity index (χ0n) is 13.8. The molecule has 2 amide bonds. The summed E-state index contributed by atoms with van der Waals surface area (Å²) in [5.41, 5.74) is 2.26. The van der Waals surface area contributed by atoms with E-state index in [9.17, 15) is 9.59 Å². The number of hydrogen-bond donors (Lipinski definition) is 2. The third-order valence-electron chi connectivity index (χ3n) is 4.40. The summed E-state index contributed by atoms with van der Waals surface area (Å²) >= 11 is 1.59. The van der Waals surface area contributed by atoms with E-state index < -0.39 is 0 Å². The molecule has 1 aliphatic carbocycles. The van der Waals surface area contributed by atoms with Crippen LogP contribution in [0.5, 0.6) is 0 Å². The van der Waals surface area contributed by atoms with Gasteiger partial charge in [0.1, 0.15) is 0 Å². The van der Waals surface area contributed by atoms with Crippen LogP contribution in [0.3, 0.4) is 0 Å². The summed E-state index contributed by atoms with van der Waals surface area (Å²) < 4.78 is 0. The number of amides is 2. The van der Waals surface area contributed by atoms with Crippen LogP contribution in [0.25, 0.3) is 0 Å². The molecule has 0 unspecified atom stereocenters. The molecule has 0 spiro atoms. The van der Waals surface area contributed by atoms with Gasteiger partial charge in [-0.05, 0) is 42.9 Å². The van der Waals surface area contributed by atoms with Crippen molar-refractivity contribution in [2.75, 3.05) is 7.05 Å². The number of rotatable bonds is 5. The number of aryl methyl sites for hydroxylation is 2. The first-order valence-corrected chi connectivity index (χ1v) is 9.17. The molecule has 1 aromatic heterocycles. The second-order valence-corrected chi connectivity index (χ2v) is 7.22. The van der Waals surface area contributed by atoms with Crippen LogP contribution in [0.2, 0.25) is 0 Å². The van der Waals surface area contributed by atoms with Crippen molar-refractivity contribution < 1.29 is 9.59 Å². The van der Waals surface area contributed by atoms with E-state index in [2.05, 4.69) is 10.6 Å². The van der Waals surface area contributed by atoms with Gasteiger partial charge in [0, 0.05) is 11.9 Å². The summed E-state index contributed by atoms with van der Waals surface area (Å²) in [6.07, 6.45) is 4.79. The summed E-state index contributed by atoms with van der Waals surface area (Å²) in [5.74, 6) is -0.179. The molecule has 2 aromatic rings. The van der Waals surface area contributed by atoms with Crippen LogP contribution in [0.1, 0.15) is 51.0 Å². The van der Waals surface area contributed by atoms with Gasteiger partial charge in [0.25, 0.3) is 5.91 Å². The molecule has 4 nitrogen and oxygen atoms in total. The van der Waals surface area contributed by atoms with Crippen molar-refractivity contribution in [3.8, 4) is 0 Å². The molecule has 1 aliphatic rings. The lowest BCUT2D eigenvalue weighted by Gasteiger charge is -2.18. The third kappa shape index (κ3) is 3.85. The molecule has 0 aliphatic heterocycles. The van der Waals surface area contributed by atoms with Crippen molar-refractivity contribution in [3.05, 3.63) is 57.3 Å². The number of nitrogens with one attached hydrogen (secondary N) is 2. The number of hydrogen-bond acceptors (Lipinski definition) is 3. The monoisotopic (exact) mass is 342 g/mol. The molecule has 1 atom stereocenters. The highest BCUT2D eigenvalue weighted by Gasteiger charge is 2.22. The lowest BCUT2D eigenvalue weighted by molar-refractivity contribution is -0.121. The second kappa shape index (κ2) is 7.62. The molecule has 0 saturated carbocycles. The Hall–Kier alpha value is -2.14. The van der Waals surface area contributed by atoms with Gasteiger partial charge in [0.2, 0.25) is 5.91 Å². The quantitative estimate of drug-likeness (QED) is 0.876. The molecule has 0 saturated heterocycles. The van der Waals surface area contributed by atoms with E-state index in [-0.39, 0.29) is 24.3 Å². The smallest absolute Gasteiger partial charge is 0.261 e. The summed E-state index contributed by atoms with van der Waals surface area (Å²) in [6.45, 7) is 0. The minimum atomic E-state index is -0.322. The first-order valence-electron chi connectivity index (χ1n) is 8.35. The van der Waals surface area contributed by atoms with E-state index in [1.165, 1.54) is 23.3 Å². The molecule has 2 N–H and O–H groups in total. The molecular weight excluding hydrogens is 320 g/mol. The Kier molecular flexibility index (Phi) is 5.30. The molecule has 0 bridgehead atoms. The van der Waals surface area contributed by atoms with Gasteiger partial charge < -0.3 is 10.6 Å². The zero-order chi connectivity index (χ0) is 16.9. The van der Waals surface area contributed by atoms with E-state index in [4.69, 9.17) is 0 Å². The van der Waals surface area contributed by atoms with Gasteiger partial charge in [-0.15, -0.1) is 11.3 Å². The van der Waals surface area contributed by atoms with Gasteiger partial charge in [-0.25, -0.2) is 0 Å². The van der Waals surface area contributed by atoms with Crippen molar-refractivity contribution in [1.82, 2.24) is 10.6 Å². The fourth-order valence-corrected chi connectivity index (χ4v) is 4.21. The molecular formula is C19H22N2O2S. The molecule has 0 fully saturated rings. The molecule has 24 heavy (non-hydrogen) atoms. The van der Waals surface area contributed by atoms with Crippen LogP contribution in [0.15, 0.2) is 36.4 Å². The Morgan fingerprint density at radius 1 is 1.17 bits per heavy atom. The van der Waals surface area contributed by atoms with Crippen molar-refractivity contribution in [2.45, 2.75) is 38.1 Å². The predicted octanol–water partition coefficient (Wildman–Crippen LogP) is 3.23. The number of carbonyl (C=O) groups excluding carboxylic acids is 2. The van der Waals surface area contributed by atoms with Crippen LogP contribution in [-0.2, 0) is 17.6 Å². The van der Waals surface area contributed by atoms with Gasteiger partial charge >= 0.3 is 0 Å². The van der Waals surface area contributed by atoms with Crippen LogP contribution >= 0.6 is 11.3 Å². The Labute approximate surface area is 146 Å². The standard InChI is InChI=1S/C19H22N2O2S/c1-20-18(22)12-15(13-7-3-2-4-8-13)21-19(23)17-11-14-9-5-6-10-16(14)24-17/h2-4,7-8,11,15H,5-6,9-10,12H2,1H3,(H,20,22)(H,21,23)/t15-/m0/s1. The Morgan fingerprint density at radius 2 is 1.92 bits per heavy atom. The fourth-order valence-electron chi connectivity index (χ4n) is 3.06. The minimum absolute atomic E-state index is 0.0883. The van der Waals surface area contributed by atoms with Crippen molar-refractivity contribution in [1.29, 1.82) is 0 Å². The van der Waals surface area contributed by atoms with Gasteiger partial charge in [-0.2, -0.15) is 0 Å². The molecule has 3 rings (SSSR count). The third-order valence-corrected chi connectivity index (χ3v) is 5.63. The van der Waals surface area contributed by atoms with E-state index in [0.717, 1.165) is 23.3 Å². The molecule has 1 aromatic carbocycles. The number of benzene rings is 1. The van der Waals surface area contributed by atoms with Gasteiger partial charge in [0.05, 0.1) is 17.3 Å². The van der Waals surface area contributed by atoms with Crippen molar-refractivity contribution in [3.63, 3.8) is 0 Å².